The molecule has 0 spiro atoms. The van der Waals surface area contributed by atoms with Gasteiger partial charge in [-0.1, -0.05) is 18.2 Å². The highest BCUT2D eigenvalue weighted by Crippen LogP contribution is 2.26. The summed E-state index contributed by atoms with van der Waals surface area (Å²) in [6.07, 6.45) is 2.40. The highest BCUT2D eigenvalue weighted by Gasteiger charge is 2.01. The van der Waals surface area contributed by atoms with Crippen molar-refractivity contribution >= 4 is 21.4 Å². The second-order valence-corrected chi connectivity index (χ2v) is 4.38. The molecule has 1 aromatic heterocycles. The van der Waals surface area contributed by atoms with Crippen LogP contribution >= 0.6 is 11.3 Å². The summed E-state index contributed by atoms with van der Waals surface area (Å²) in [4.78, 5) is 0. The van der Waals surface area contributed by atoms with Crippen LogP contribution in [0.2, 0.25) is 0 Å². The topological polar surface area (TPSA) is 12.0 Å². The lowest BCUT2D eigenvalue weighted by molar-refractivity contribution is 0.727. The van der Waals surface area contributed by atoms with Crippen molar-refractivity contribution in [1.82, 2.24) is 5.32 Å². The Morgan fingerprint density at radius 2 is 2.14 bits per heavy atom. The van der Waals surface area contributed by atoms with Crippen LogP contribution in [0, 0.1) is 0 Å². The quantitative estimate of drug-likeness (QED) is 0.756. The van der Waals surface area contributed by atoms with Gasteiger partial charge in [0.05, 0.1) is 0 Å². The molecule has 0 amide bonds. The summed E-state index contributed by atoms with van der Waals surface area (Å²) < 4.78 is 1.41. The van der Waals surface area contributed by atoms with Crippen LogP contribution in [0.5, 0.6) is 0 Å². The van der Waals surface area contributed by atoms with Crippen LogP contribution in [0.1, 0.15) is 12.0 Å². The van der Waals surface area contributed by atoms with Gasteiger partial charge in [-0.25, -0.2) is 0 Å². The van der Waals surface area contributed by atoms with E-state index in [1.807, 2.05) is 18.4 Å². The molecule has 2 rings (SSSR count). The molecule has 14 heavy (non-hydrogen) atoms. The SMILES string of the molecule is CNCCCc1csc2ccccc12. The Kier molecular flexibility index (Phi) is 3.17. The number of aryl methyl sites for hydroxylation is 1. The number of thiophene rings is 1. The first kappa shape index (κ1) is 9.69. The van der Waals surface area contributed by atoms with Crippen molar-refractivity contribution in [3.8, 4) is 0 Å². The summed E-state index contributed by atoms with van der Waals surface area (Å²) in [6, 6.07) is 8.65. The molecule has 1 N–H and O–H groups in total. The highest BCUT2D eigenvalue weighted by atomic mass is 32.1. The van der Waals surface area contributed by atoms with Gasteiger partial charge in [-0.15, -0.1) is 11.3 Å². The van der Waals surface area contributed by atoms with Gasteiger partial charge < -0.3 is 5.32 Å². The molecule has 0 radical (unpaired) electrons. The third kappa shape index (κ3) is 1.97. The Bertz CT molecular complexity index is 405. The Balaban J connectivity index is 2.17. The van der Waals surface area contributed by atoms with E-state index in [1.54, 1.807) is 0 Å². The Labute approximate surface area is 88.8 Å². The predicted octanol–water partition coefficient (Wildman–Crippen LogP) is 3.05. The van der Waals surface area contributed by atoms with Gasteiger partial charge >= 0.3 is 0 Å². The summed E-state index contributed by atoms with van der Waals surface area (Å²) in [5.74, 6) is 0. The fourth-order valence-electron chi connectivity index (χ4n) is 1.68. The van der Waals surface area contributed by atoms with Gasteiger partial charge in [0.1, 0.15) is 0 Å². The molecule has 0 saturated heterocycles. The third-order valence-electron chi connectivity index (χ3n) is 2.43. The van der Waals surface area contributed by atoms with Crippen LogP contribution < -0.4 is 5.32 Å². The first-order valence-electron chi connectivity index (χ1n) is 5.01. The van der Waals surface area contributed by atoms with Crippen molar-refractivity contribution in [2.75, 3.05) is 13.6 Å². The second kappa shape index (κ2) is 4.58. The number of fused-ring (bicyclic) bond motifs is 1. The molecule has 1 heterocycles. The average Bonchev–Trinajstić information content (AvgIpc) is 2.63. The lowest BCUT2D eigenvalue weighted by Crippen LogP contribution is -2.08. The summed E-state index contributed by atoms with van der Waals surface area (Å²) in [6.45, 7) is 1.10. The maximum Gasteiger partial charge on any atom is 0.0345 e. The number of nitrogens with one attached hydrogen (secondary N) is 1. The molecule has 1 nitrogen and oxygen atoms in total. The molecule has 2 aromatic rings. The minimum atomic E-state index is 1.10. The van der Waals surface area contributed by atoms with Gasteiger partial charge in [-0.3, -0.25) is 0 Å². The van der Waals surface area contributed by atoms with Crippen molar-refractivity contribution < 1.29 is 0 Å². The van der Waals surface area contributed by atoms with E-state index in [0.29, 0.717) is 0 Å². The van der Waals surface area contributed by atoms with E-state index in [1.165, 1.54) is 28.5 Å². The molecule has 0 bridgehead atoms. The lowest BCUT2D eigenvalue weighted by atomic mass is 10.1. The van der Waals surface area contributed by atoms with E-state index in [9.17, 15) is 0 Å². The van der Waals surface area contributed by atoms with E-state index in [0.717, 1.165) is 6.54 Å². The van der Waals surface area contributed by atoms with Gasteiger partial charge in [0.2, 0.25) is 0 Å². The minimum Gasteiger partial charge on any atom is -0.320 e. The zero-order valence-corrected chi connectivity index (χ0v) is 9.23. The van der Waals surface area contributed by atoms with Crippen molar-refractivity contribution in [3.05, 3.63) is 35.2 Å². The molecule has 0 aliphatic heterocycles. The molecule has 0 aliphatic carbocycles. The third-order valence-corrected chi connectivity index (χ3v) is 3.45. The smallest absolute Gasteiger partial charge is 0.0345 e. The summed E-state index contributed by atoms with van der Waals surface area (Å²) in [5.41, 5.74) is 1.50. The fraction of sp³-hybridized carbons (Fsp3) is 0.333. The largest absolute Gasteiger partial charge is 0.320 e. The molecular formula is C12H15NS. The summed E-state index contributed by atoms with van der Waals surface area (Å²) >= 11 is 1.85. The molecule has 0 unspecified atom stereocenters. The Hall–Kier alpha value is -0.860. The second-order valence-electron chi connectivity index (χ2n) is 3.46. The highest BCUT2D eigenvalue weighted by molar-refractivity contribution is 7.17. The van der Waals surface area contributed by atoms with Crippen LogP contribution in [0.3, 0.4) is 0 Å². The Morgan fingerprint density at radius 1 is 1.29 bits per heavy atom. The first-order valence-corrected chi connectivity index (χ1v) is 5.89. The monoisotopic (exact) mass is 205 g/mol. The van der Waals surface area contributed by atoms with Crippen LogP contribution in [-0.4, -0.2) is 13.6 Å². The van der Waals surface area contributed by atoms with Crippen molar-refractivity contribution in [1.29, 1.82) is 0 Å². The molecule has 0 aliphatic rings. The van der Waals surface area contributed by atoms with Crippen molar-refractivity contribution in [3.63, 3.8) is 0 Å². The predicted molar refractivity (Wildman–Crippen MR) is 64.1 cm³/mol. The number of rotatable bonds is 4. The molecule has 74 valence electrons. The molecule has 0 atom stereocenters. The number of benzene rings is 1. The zero-order valence-electron chi connectivity index (χ0n) is 8.42. The van der Waals surface area contributed by atoms with Crippen LogP contribution in [0.4, 0.5) is 0 Å². The standard InChI is InChI=1S/C12H15NS/c1-13-8-4-5-10-9-14-12-7-3-2-6-11(10)12/h2-3,6-7,9,13H,4-5,8H2,1H3. The van der Waals surface area contributed by atoms with Gasteiger partial charge in [-0.05, 0) is 48.8 Å². The number of hydrogen-bond acceptors (Lipinski definition) is 2. The normalized spacial score (nSPS) is 10.9. The Morgan fingerprint density at radius 3 is 3.00 bits per heavy atom. The summed E-state index contributed by atoms with van der Waals surface area (Å²) in [7, 11) is 2.01. The molecule has 1 aromatic carbocycles. The van der Waals surface area contributed by atoms with Gasteiger partial charge in [0.25, 0.3) is 0 Å². The first-order chi connectivity index (χ1) is 6.92. The maximum absolute atomic E-state index is 3.18. The van der Waals surface area contributed by atoms with E-state index < -0.39 is 0 Å². The molecule has 0 saturated carbocycles. The average molecular weight is 205 g/mol. The van der Waals surface area contributed by atoms with Crippen molar-refractivity contribution in [2.45, 2.75) is 12.8 Å². The van der Waals surface area contributed by atoms with Crippen molar-refractivity contribution in [2.24, 2.45) is 0 Å². The van der Waals surface area contributed by atoms with Gasteiger partial charge in [0, 0.05) is 4.70 Å². The molecule has 0 fully saturated rings. The van der Waals surface area contributed by atoms with Crippen LogP contribution in [0.15, 0.2) is 29.6 Å². The van der Waals surface area contributed by atoms with E-state index in [2.05, 4.69) is 35.0 Å². The van der Waals surface area contributed by atoms with E-state index in [-0.39, 0.29) is 0 Å². The fourth-order valence-corrected chi connectivity index (χ4v) is 2.68. The molecular weight excluding hydrogens is 190 g/mol. The lowest BCUT2D eigenvalue weighted by Gasteiger charge is -1.98. The molecule has 2 heteroatoms. The van der Waals surface area contributed by atoms with Gasteiger partial charge in [-0.2, -0.15) is 0 Å². The van der Waals surface area contributed by atoms with Gasteiger partial charge in [0.15, 0.2) is 0 Å². The maximum atomic E-state index is 3.18. The summed E-state index contributed by atoms with van der Waals surface area (Å²) in [5, 5.41) is 6.91. The zero-order chi connectivity index (χ0) is 9.80. The van der Waals surface area contributed by atoms with Crippen LogP contribution in [-0.2, 0) is 6.42 Å². The van der Waals surface area contributed by atoms with Crippen LogP contribution in [0.25, 0.3) is 10.1 Å². The number of hydrogen-bond donors (Lipinski definition) is 1. The minimum absolute atomic E-state index is 1.10. The van der Waals surface area contributed by atoms with E-state index in [4.69, 9.17) is 0 Å². The van der Waals surface area contributed by atoms with E-state index >= 15 is 0 Å².